The van der Waals surface area contributed by atoms with Crippen molar-refractivity contribution >= 4 is 17.9 Å². The fourth-order valence-electron chi connectivity index (χ4n) is 2.09. The van der Waals surface area contributed by atoms with E-state index in [9.17, 15) is 14.4 Å². The summed E-state index contributed by atoms with van der Waals surface area (Å²) in [4.78, 5) is 34.4. The zero-order chi connectivity index (χ0) is 18.8. The summed E-state index contributed by atoms with van der Waals surface area (Å²) < 4.78 is 10.5. The molecule has 0 aliphatic carbocycles. The highest BCUT2D eigenvalue weighted by atomic mass is 16.5. The van der Waals surface area contributed by atoms with Crippen molar-refractivity contribution in [2.45, 2.75) is 12.8 Å². The Hall–Kier alpha value is -3.35. The molecule has 2 rings (SSSR count). The van der Waals surface area contributed by atoms with Crippen molar-refractivity contribution in [2.75, 3.05) is 13.2 Å². The molecule has 0 spiro atoms. The number of carbonyl (C=O) groups excluding carboxylic acids is 3. The summed E-state index contributed by atoms with van der Waals surface area (Å²) in [6, 6.07) is 12.6. The second-order valence-electron chi connectivity index (χ2n) is 5.34. The zero-order valence-corrected chi connectivity index (χ0v) is 14.2. The lowest BCUT2D eigenvalue weighted by molar-refractivity contribution is -0.148. The minimum atomic E-state index is -0.704. The lowest BCUT2D eigenvalue weighted by Crippen LogP contribution is -2.41. The van der Waals surface area contributed by atoms with Gasteiger partial charge in [-0.05, 0) is 12.1 Å². The van der Waals surface area contributed by atoms with Gasteiger partial charge < -0.3 is 14.5 Å². The third kappa shape index (κ3) is 6.27. The Bertz CT molecular complexity index is 767. The average Bonchev–Trinajstić information content (AvgIpc) is 3.13. The first kappa shape index (κ1) is 19.0. The molecule has 0 saturated carbocycles. The Balaban J connectivity index is 1.70. The summed E-state index contributed by atoms with van der Waals surface area (Å²) in [7, 11) is 0. The molecule has 26 heavy (non-hydrogen) atoms. The highest BCUT2D eigenvalue weighted by Gasteiger charge is 2.12. The van der Waals surface area contributed by atoms with Crippen LogP contribution >= 0.6 is 0 Å². The quantitative estimate of drug-likeness (QED) is 0.559. The monoisotopic (exact) mass is 356 g/mol. The Kier molecular flexibility index (Phi) is 7.17. The standard InChI is InChI=1S/C19H20N2O5/c1-2-12-20-19(24)21-17(22)13-25-18(23)11-9-15-8-10-16(26-15)14-6-4-3-5-7-14/h2-8,10H,1,9,11-13H2,(H2,20,21,22,24). The van der Waals surface area contributed by atoms with Gasteiger partial charge in [0.15, 0.2) is 6.61 Å². The van der Waals surface area contributed by atoms with E-state index in [2.05, 4.69) is 11.9 Å². The predicted octanol–water partition coefficient (Wildman–Crippen LogP) is 2.43. The second-order valence-corrected chi connectivity index (χ2v) is 5.34. The lowest BCUT2D eigenvalue weighted by Gasteiger charge is -2.06. The first-order valence-corrected chi connectivity index (χ1v) is 8.07. The topological polar surface area (TPSA) is 97.6 Å². The number of nitrogens with one attached hydrogen (secondary N) is 2. The summed E-state index contributed by atoms with van der Waals surface area (Å²) in [6.07, 6.45) is 1.90. The van der Waals surface area contributed by atoms with Gasteiger partial charge in [-0.25, -0.2) is 4.79 Å². The molecule has 1 aromatic carbocycles. The Morgan fingerprint density at radius 3 is 2.62 bits per heavy atom. The van der Waals surface area contributed by atoms with Gasteiger partial charge in [0.25, 0.3) is 5.91 Å². The van der Waals surface area contributed by atoms with Crippen molar-refractivity contribution in [2.24, 2.45) is 0 Å². The number of rotatable bonds is 8. The maximum Gasteiger partial charge on any atom is 0.321 e. The van der Waals surface area contributed by atoms with Crippen LogP contribution in [0.1, 0.15) is 12.2 Å². The number of urea groups is 1. The second kappa shape index (κ2) is 9.83. The van der Waals surface area contributed by atoms with E-state index in [1.807, 2.05) is 41.7 Å². The maximum absolute atomic E-state index is 11.7. The largest absolute Gasteiger partial charge is 0.461 e. The number of carbonyl (C=O) groups is 3. The number of furan rings is 1. The van der Waals surface area contributed by atoms with Crippen LogP contribution in [0.25, 0.3) is 11.3 Å². The van der Waals surface area contributed by atoms with Gasteiger partial charge in [-0.15, -0.1) is 6.58 Å². The molecule has 136 valence electrons. The number of hydrogen-bond acceptors (Lipinski definition) is 5. The number of ether oxygens (including phenoxy) is 1. The van der Waals surface area contributed by atoms with E-state index in [0.29, 0.717) is 12.2 Å². The van der Waals surface area contributed by atoms with Crippen molar-refractivity contribution in [3.05, 3.63) is 60.9 Å². The van der Waals surface area contributed by atoms with Gasteiger partial charge in [-0.3, -0.25) is 14.9 Å². The van der Waals surface area contributed by atoms with E-state index in [4.69, 9.17) is 9.15 Å². The number of imide groups is 1. The molecule has 0 aliphatic rings. The summed E-state index contributed by atoms with van der Waals surface area (Å²) in [5.41, 5.74) is 0.952. The molecule has 0 atom stereocenters. The van der Waals surface area contributed by atoms with Crippen LogP contribution in [0.5, 0.6) is 0 Å². The molecule has 3 amide bonds. The smallest absolute Gasteiger partial charge is 0.321 e. The number of aryl methyl sites for hydroxylation is 1. The highest BCUT2D eigenvalue weighted by molar-refractivity contribution is 5.95. The number of esters is 1. The first-order valence-electron chi connectivity index (χ1n) is 8.07. The van der Waals surface area contributed by atoms with Gasteiger partial charge >= 0.3 is 12.0 Å². The van der Waals surface area contributed by atoms with E-state index in [0.717, 1.165) is 11.3 Å². The van der Waals surface area contributed by atoms with Crippen molar-refractivity contribution in [3.63, 3.8) is 0 Å². The molecular weight excluding hydrogens is 336 g/mol. The van der Waals surface area contributed by atoms with Gasteiger partial charge in [-0.2, -0.15) is 0 Å². The van der Waals surface area contributed by atoms with E-state index >= 15 is 0 Å². The Labute approximate surface area is 151 Å². The molecular formula is C19H20N2O5. The number of benzene rings is 1. The van der Waals surface area contributed by atoms with Crippen molar-refractivity contribution < 1.29 is 23.5 Å². The summed E-state index contributed by atoms with van der Waals surface area (Å²) in [5.74, 6) is 0.113. The molecule has 7 nitrogen and oxygen atoms in total. The molecule has 0 unspecified atom stereocenters. The Morgan fingerprint density at radius 2 is 1.88 bits per heavy atom. The van der Waals surface area contributed by atoms with Crippen molar-refractivity contribution in [3.8, 4) is 11.3 Å². The van der Waals surface area contributed by atoms with Gasteiger partial charge in [0.1, 0.15) is 11.5 Å². The molecule has 1 heterocycles. The van der Waals surface area contributed by atoms with Gasteiger partial charge in [0, 0.05) is 18.5 Å². The summed E-state index contributed by atoms with van der Waals surface area (Å²) >= 11 is 0. The summed E-state index contributed by atoms with van der Waals surface area (Å²) in [6.45, 7) is 3.14. The minimum Gasteiger partial charge on any atom is -0.461 e. The average molecular weight is 356 g/mol. The van der Waals surface area contributed by atoms with Crippen LogP contribution in [0, 0.1) is 0 Å². The summed E-state index contributed by atoms with van der Waals surface area (Å²) in [5, 5.41) is 4.40. The maximum atomic E-state index is 11.7. The van der Waals surface area contributed by atoms with Crippen molar-refractivity contribution in [1.82, 2.24) is 10.6 Å². The minimum absolute atomic E-state index is 0.0671. The van der Waals surface area contributed by atoms with E-state index in [1.54, 1.807) is 6.07 Å². The molecule has 0 aliphatic heterocycles. The van der Waals surface area contributed by atoms with Crippen molar-refractivity contribution in [1.29, 1.82) is 0 Å². The van der Waals surface area contributed by atoms with Crippen LogP contribution in [0.2, 0.25) is 0 Å². The molecule has 0 radical (unpaired) electrons. The number of hydrogen-bond donors (Lipinski definition) is 2. The van der Waals surface area contributed by atoms with Crippen LogP contribution in [0.15, 0.2) is 59.5 Å². The predicted molar refractivity (Wildman–Crippen MR) is 95.2 cm³/mol. The normalized spacial score (nSPS) is 10.0. The van der Waals surface area contributed by atoms with E-state index < -0.39 is 24.5 Å². The molecule has 0 bridgehead atoms. The molecule has 0 fully saturated rings. The SMILES string of the molecule is C=CCNC(=O)NC(=O)COC(=O)CCc1ccc(-c2ccccc2)o1. The third-order valence-electron chi connectivity index (χ3n) is 3.32. The van der Waals surface area contributed by atoms with E-state index in [1.165, 1.54) is 6.08 Å². The Morgan fingerprint density at radius 1 is 1.12 bits per heavy atom. The molecule has 2 N–H and O–H groups in total. The van der Waals surface area contributed by atoms with Crippen LogP contribution in [-0.2, 0) is 20.7 Å². The zero-order valence-electron chi connectivity index (χ0n) is 14.2. The van der Waals surface area contributed by atoms with Gasteiger partial charge in [0.2, 0.25) is 0 Å². The van der Waals surface area contributed by atoms with E-state index in [-0.39, 0.29) is 13.0 Å². The van der Waals surface area contributed by atoms with Crippen LogP contribution < -0.4 is 10.6 Å². The number of amides is 3. The van der Waals surface area contributed by atoms with Crippen LogP contribution in [-0.4, -0.2) is 31.1 Å². The first-order chi connectivity index (χ1) is 12.6. The lowest BCUT2D eigenvalue weighted by atomic mass is 10.2. The van der Waals surface area contributed by atoms with Crippen LogP contribution in [0.3, 0.4) is 0 Å². The fraction of sp³-hybridized carbons (Fsp3) is 0.211. The molecule has 2 aromatic rings. The van der Waals surface area contributed by atoms with Gasteiger partial charge in [0.05, 0.1) is 6.42 Å². The highest BCUT2D eigenvalue weighted by Crippen LogP contribution is 2.22. The third-order valence-corrected chi connectivity index (χ3v) is 3.32. The molecule has 1 aromatic heterocycles. The fourth-order valence-corrected chi connectivity index (χ4v) is 2.09. The van der Waals surface area contributed by atoms with Crippen LogP contribution in [0.4, 0.5) is 4.79 Å². The molecule has 7 heteroatoms. The molecule has 0 saturated heterocycles. The van der Waals surface area contributed by atoms with Gasteiger partial charge in [-0.1, -0.05) is 36.4 Å².